The second-order valence-corrected chi connectivity index (χ2v) is 6.95. The number of pyridine rings is 1. The molecule has 0 aliphatic rings. The van der Waals surface area contributed by atoms with E-state index in [9.17, 15) is 0 Å². The first kappa shape index (κ1) is 14.2. The van der Waals surface area contributed by atoms with Gasteiger partial charge in [-0.15, -0.1) is 11.3 Å². The summed E-state index contributed by atoms with van der Waals surface area (Å²) < 4.78 is 5.07. The SMILES string of the molecule is C=C/C=C(\C(C)=C/C)c1ccc2c3sccc3sc2[n+]1C. The summed E-state index contributed by atoms with van der Waals surface area (Å²) in [4.78, 5) is 1.33. The lowest BCUT2D eigenvalue weighted by Crippen LogP contribution is -2.33. The summed E-state index contributed by atoms with van der Waals surface area (Å²) in [6.07, 6.45) is 6.10. The fourth-order valence-electron chi connectivity index (χ4n) is 2.57. The van der Waals surface area contributed by atoms with E-state index in [2.05, 4.69) is 67.8 Å². The van der Waals surface area contributed by atoms with Gasteiger partial charge in [-0.05, 0) is 43.0 Å². The summed E-state index contributed by atoms with van der Waals surface area (Å²) in [6.45, 7) is 8.07. The van der Waals surface area contributed by atoms with Gasteiger partial charge in [0.2, 0.25) is 5.69 Å². The van der Waals surface area contributed by atoms with Crippen LogP contribution in [0, 0.1) is 0 Å². The molecule has 0 fully saturated rings. The molecule has 0 N–H and O–H groups in total. The molecule has 0 aliphatic carbocycles. The maximum atomic E-state index is 3.85. The molecular formula is C18H18NS2+. The lowest BCUT2D eigenvalue weighted by atomic mass is 10.0. The summed E-state index contributed by atoms with van der Waals surface area (Å²) in [5.74, 6) is 0. The molecule has 3 aromatic heterocycles. The van der Waals surface area contributed by atoms with Crippen molar-refractivity contribution in [2.75, 3.05) is 0 Å². The van der Waals surface area contributed by atoms with Gasteiger partial charge in [-0.25, -0.2) is 0 Å². The Balaban J connectivity index is 2.30. The van der Waals surface area contributed by atoms with Crippen LogP contribution in [0.15, 0.2) is 54.0 Å². The Morgan fingerprint density at radius 3 is 2.81 bits per heavy atom. The van der Waals surface area contributed by atoms with Crippen molar-refractivity contribution in [3.63, 3.8) is 0 Å². The van der Waals surface area contributed by atoms with Crippen molar-refractivity contribution >= 4 is 47.9 Å². The van der Waals surface area contributed by atoms with Gasteiger partial charge in [0.15, 0.2) is 0 Å². The predicted molar refractivity (Wildman–Crippen MR) is 96.0 cm³/mol. The summed E-state index contributed by atoms with van der Waals surface area (Å²) in [5, 5.41) is 3.52. The van der Waals surface area contributed by atoms with E-state index >= 15 is 0 Å². The Hall–Kier alpha value is -1.71. The number of aryl methyl sites for hydroxylation is 1. The second kappa shape index (κ2) is 5.58. The van der Waals surface area contributed by atoms with E-state index in [-0.39, 0.29) is 0 Å². The van der Waals surface area contributed by atoms with Crippen LogP contribution in [0.1, 0.15) is 19.5 Å². The maximum Gasteiger partial charge on any atom is 0.271 e. The van der Waals surface area contributed by atoms with Crippen molar-refractivity contribution in [2.45, 2.75) is 13.8 Å². The summed E-state index contributed by atoms with van der Waals surface area (Å²) in [7, 11) is 2.15. The molecule has 0 aromatic carbocycles. The molecule has 0 spiro atoms. The van der Waals surface area contributed by atoms with Crippen LogP contribution in [-0.4, -0.2) is 0 Å². The molecule has 0 aliphatic heterocycles. The number of fused-ring (bicyclic) bond motifs is 3. The number of hydrogen-bond acceptors (Lipinski definition) is 2. The molecule has 3 heteroatoms. The van der Waals surface area contributed by atoms with Crippen molar-refractivity contribution in [1.82, 2.24) is 0 Å². The molecule has 1 nitrogen and oxygen atoms in total. The Bertz CT molecular complexity index is 891. The Labute approximate surface area is 133 Å². The third-order valence-electron chi connectivity index (χ3n) is 3.80. The van der Waals surface area contributed by atoms with E-state index in [1.54, 1.807) is 0 Å². The number of thiophene rings is 2. The van der Waals surface area contributed by atoms with Crippen LogP contribution in [0.5, 0.6) is 0 Å². The molecule has 3 heterocycles. The molecule has 0 radical (unpaired) electrons. The van der Waals surface area contributed by atoms with Gasteiger partial charge in [-0.3, -0.25) is 0 Å². The van der Waals surface area contributed by atoms with E-state index < -0.39 is 0 Å². The second-order valence-electron chi connectivity index (χ2n) is 5.00. The molecule has 0 saturated carbocycles. The van der Waals surface area contributed by atoms with E-state index in [0.717, 1.165) is 0 Å². The monoisotopic (exact) mass is 312 g/mol. The molecule has 0 atom stereocenters. The van der Waals surface area contributed by atoms with Crippen molar-refractivity contribution in [2.24, 2.45) is 7.05 Å². The van der Waals surface area contributed by atoms with E-state index in [4.69, 9.17) is 0 Å². The van der Waals surface area contributed by atoms with Gasteiger partial charge in [-0.1, -0.05) is 30.1 Å². The standard InChI is InChI=1S/C18H18NS2/c1-5-7-13(12(3)6-2)15-9-8-14-17-16(10-11-20-17)21-18(14)19(15)4/h5-11H,1H2,2-4H3/q+1/b12-6-,13-7+. The summed E-state index contributed by atoms with van der Waals surface area (Å²) in [5.41, 5.74) is 3.73. The molecule has 3 rings (SSSR count). The third kappa shape index (κ3) is 2.27. The Morgan fingerprint density at radius 2 is 2.10 bits per heavy atom. The lowest BCUT2D eigenvalue weighted by Gasteiger charge is -2.06. The van der Waals surface area contributed by atoms with Gasteiger partial charge in [0.25, 0.3) is 4.83 Å². The molecule has 3 aromatic rings. The molecule has 0 unspecified atom stereocenters. The smallest absolute Gasteiger partial charge is 0.185 e. The maximum absolute atomic E-state index is 3.85. The van der Waals surface area contributed by atoms with Gasteiger partial charge in [0.1, 0.15) is 7.05 Å². The number of aromatic nitrogens is 1. The van der Waals surface area contributed by atoms with Crippen LogP contribution in [-0.2, 0) is 7.05 Å². The van der Waals surface area contributed by atoms with Crippen LogP contribution in [0.4, 0.5) is 0 Å². The highest BCUT2D eigenvalue weighted by atomic mass is 32.1. The first-order chi connectivity index (χ1) is 10.2. The fourth-order valence-corrected chi connectivity index (χ4v) is 4.87. The van der Waals surface area contributed by atoms with E-state index in [1.807, 2.05) is 28.7 Å². The van der Waals surface area contributed by atoms with Crippen molar-refractivity contribution < 1.29 is 4.57 Å². The molecule has 0 bridgehead atoms. The number of rotatable bonds is 3. The van der Waals surface area contributed by atoms with Crippen molar-refractivity contribution in [1.29, 1.82) is 0 Å². The van der Waals surface area contributed by atoms with Gasteiger partial charge in [0, 0.05) is 11.6 Å². The van der Waals surface area contributed by atoms with Crippen molar-refractivity contribution in [3.8, 4) is 0 Å². The Kier molecular flexibility index (Phi) is 3.79. The minimum Gasteiger partial charge on any atom is -0.185 e. The van der Waals surface area contributed by atoms with Crippen LogP contribution < -0.4 is 4.57 Å². The number of nitrogens with zero attached hydrogens (tertiary/aromatic N) is 1. The normalized spacial score (nSPS) is 13.3. The number of hydrogen-bond donors (Lipinski definition) is 0. The zero-order valence-corrected chi connectivity index (χ0v) is 14.1. The van der Waals surface area contributed by atoms with Gasteiger partial charge in [-0.2, -0.15) is 4.57 Å². The topological polar surface area (TPSA) is 3.88 Å². The quantitative estimate of drug-likeness (QED) is 0.445. The van der Waals surface area contributed by atoms with Crippen LogP contribution >= 0.6 is 22.7 Å². The minimum atomic E-state index is 1.23. The lowest BCUT2D eigenvalue weighted by molar-refractivity contribution is -0.645. The Morgan fingerprint density at radius 1 is 1.29 bits per heavy atom. The average Bonchev–Trinajstić information content (AvgIpc) is 3.06. The minimum absolute atomic E-state index is 1.23. The fraction of sp³-hybridized carbons (Fsp3) is 0.167. The molecule has 0 amide bonds. The number of allylic oxidation sites excluding steroid dienone is 5. The van der Waals surface area contributed by atoms with Crippen LogP contribution in [0.2, 0.25) is 0 Å². The van der Waals surface area contributed by atoms with Gasteiger partial charge in [0.05, 0.1) is 14.8 Å². The van der Waals surface area contributed by atoms with Crippen LogP contribution in [0.25, 0.3) is 25.2 Å². The molecular weight excluding hydrogens is 294 g/mol. The van der Waals surface area contributed by atoms with Gasteiger partial charge < -0.3 is 0 Å². The third-order valence-corrected chi connectivity index (χ3v) is 6.13. The molecule has 21 heavy (non-hydrogen) atoms. The highest BCUT2D eigenvalue weighted by molar-refractivity contribution is 7.31. The largest absolute Gasteiger partial charge is 0.271 e. The average molecular weight is 312 g/mol. The molecule has 106 valence electrons. The molecule has 0 saturated heterocycles. The summed E-state index contributed by atoms with van der Waals surface area (Å²) >= 11 is 3.69. The first-order valence-corrected chi connectivity index (χ1v) is 8.62. The zero-order valence-electron chi connectivity index (χ0n) is 12.5. The van der Waals surface area contributed by atoms with E-state index in [0.29, 0.717) is 0 Å². The predicted octanol–water partition coefficient (Wildman–Crippen LogP) is 5.48. The van der Waals surface area contributed by atoms with E-state index in [1.165, 1.54) is 36.5 Å². The zero-order chi connectivity index (χ0) is 15.0. The highest BCUT2D eigenvalue weighted by Crippen LogP contribution is 2.36. The van der Waals surface area contributed by atoms with Crippen molar-refractivity contribution in [3.05, 3.63) is 59.7 Å². The first-order valence-electron chi connectivity index (χ1n) is 6.92. The van der Waals surface area contributed by atoms with Crippen LogP contribution in [0.3, 0.4) is 0 Å². The highest BCUT2D eigenvalue weighted by Gasteiger charge is 2.20. The summed E-state index contributed by atoms with van der Waals surface area (Å²) in [6, 6.07) is 6.68. The van der Waals surface area contributed by atoms with Gasteiger partial charge >= 0.3 is 0 Å².